The smallest absolute Gasteiger partial charge is 0.0215 e. The van der Waals surface area contributed by atoms with Gasteiger partial charge in [0.2, 0.25) is 0 Å². The van der Waals surface area contributed by atoms with Crippen molar-refractivity contribution in [3.8, 4) is 0 Å². The van der Waals surface area contributed by atoms with Crippen LogP contribution in [0.15, 0.2) is 0 Å². The Labute approximate surface area is 100 Å². The number of hydrogen-bond donors (Lipinski definition) is 2. The molecule has 0 heterocycles. The second-order valence-corrected chi connectivity index (χ2v) is 5.99. The van der Waals surface area contributed by atoms with Gasteiger partial charge in [-0.3, -0.25) is 11.3 Å². The minimum absolute atomic E-state index is 0.591. The standard InChI is InChI=1S/C14H28N2/c15-16-14(11-13-8-5-9-13)10-12-6-3-1-2-4-7-12/h12-14,16H,1-11,15H2. The molecule has 0 radical (unpaired) electrons. The van der Waals surface area contributed by atoms with E-state index in [1.54, 1.807) is 0 Å². The highest BCUT2D eigenvalue weighted by Crippen LogP contribution is 2.33. The van der Waals surface area contributed by atoms with Crippen LogP contribution in [-0.2, 0) is 0 Å². The van der Waals surface area contributed by atoms with E-state index in [4.69, 9.17) is 5.84 Å². The maximum absolute atomic E-state index is 5.71. The Morgan fingerprint density at radius 1 is 0.812 bits per heavy atom. The third-order valence-corrected chi connectivity index (χ3v) is 4.67. The molecule has 2 heteroatoms. The fourth-order valence-corrected chi connectivity index (χ4v) is 3.37. The van der Waals surface area contributed by atoms with Gasteiger partial charge in [0.05, 0.1) is 0 Å². The minimum atomic E-state index is 0.591. The fourth-order valence-electron chi connectivity index (χ4n) is 3.37. The molecule has 2 aliphatic rings. The van der Waals surface area contributed by atoms with Crippen molar-refractivity contribution in [2.45, 2.75) is 76.7 Å². The average Bonchev–Trinajstić information content (AvgIpc) is 2.50. The highest BCUT2D eigenvalue weighted by atomic mass is 15.2. The maximum Gasteiger partial charge on any atom is 0.0215 e. The second kappa shape index (κ2) is 6.61. The predicted octanol–water partition coefficient (Wildman–Crippen LogP) is 3.37. The molecule has 0 bridgehead atoms. The summed E-state index contributed by atoms with van der Waals surface area (Å²) in [7, 11) is 0. The Morgan fingerprint density at radius 3 is 1.69 bits per heavy atom. The van der Waals surface area contributed by atoms with Crippen molar-refractivity contribution >= 4 is 0 Å². The molecule has 0 saturated heterocycles. The summed E-state index contributed by atoms with van der Waals surface area (Å²) in [6.45, 7) is 0. The topological polar surface area (TPSA) is 38.0 Å². The summed E-state index contributed by atoms with van der Waals surface area (Å²) < 4.78 is 0. The Bertz CT molecular complexity index is 181. The number of nitrogens with one attached hydrogen (secondary N) is 1. The summed E-state index contributed by atoms with van der Waals surface area (Å²) in [4.78, 5) is 0. The number of hydrogen-bond acceptors (Lipinski definition) is 2. The van der Waals surface area contributed by atoms with E-state index in [0.717, 1.165) is 11.8 Å². The van der Waals surface area contributed by atoms with Gasteiger partial charge in [0, 0.05) is 6.04 Å². The van der Waals surface area contributed by atoms with Gasteiger partial charge in [-0.1, -0.05) is 57.8 Å². The molecular formula is C14H28N2. The van der Waals surface area contributed by atoms with Gasteiger partial charge in [0.15, 0.2) is 0 Å². The van der Waals surface area contributed by atoms with Gasteiger partial charge < -0.3 is 0 Å². The summed E-state index contributed by atoms with van der Waals surface area (Å²) in [6.07, 6.45) is 15.7. The summed E-state index contributed by atoms with van der Waals surface area (Å²) in [5.74, 6) is 7.63. The third-order valence-electron chi connectivity index (χ3n) is 4.67. The molecule has 2 saturated carbocycles. The van der Waals surface area contributed by atoms with E-state index in [2.05, 4.69) is 5.43 Å². The molecule has 0 aromatic carbocycles. The first-order valence-corrected chi connectivity index (χ1v) is 7.34. The SMILES string of the molecule is NNC(CC1CCCCCC1)CC1CCC1. The molecule has 16 heavy (non-hydrogen) atoms. The van der Waals surface area contributed by atoms with Crippen molar-refractivity contribution in [1.29, 1.82) is 0 Å². The summed E-state index contributed by atoms with van der Waals surface area (Å²) >= 11 is 0. The first kappa shape index (κ1) is 12.4. The van der Waals surface area contributed by atoms with Crippen LogP contribution < -0.4 is 11.3 Å². The molecule has 0 amide bonds. The molecule has 0 aliphatic heterocycles. The molecule has 0 aromatic heterocycles. The van der Waals surface area contributed by atoms with Gasteiger partial charge in [-0.2, -0.15) is 0 Å². The van der Waals surface area contributed by atoms with E-state index in [-0.39, 0.29) is 0 Å². The Hall–Kier alpha value is -0.0800. The molecular weight excluding hydrogens is 196 g/mol. The largest absolute Gasteiger partial charge is 0.271 e. The number of hydrazine groups is 1. The second-order valence-electron chi connectivity index (χ2n) is 5.99. The quantitative estimate of drug-likeness (QED) is 0.427. The monoisotopic (exact) mass is 224 g/mol. The normalized spacial score (nSPS) is 26.1. The molecule has 2 aliphatic carbocycles. The Kier molecular flexibility index (Phi) is 5.11. The van der Waals surface area contributed by atoms with Crippen molar-refractivity contribution in [2.24, 2.45) is 17.7 Å². The van der Waals surface area contributed by atoms with Crippen molar-refractivity contribution in [3.05, 3.63) is 0 Å². The van der Waals surface area contributed by atoms with Gasteiger partial charge in [-0.05, 0) is 24.7 Å². The van der Waals surface area contributed by atoms with Gasteiger partial charge in [0.1, 0.15) is 0 Å². The summed E-state index contributed by atoms with van der Waals surface area (Å²) in [5, 5.41) is 0. The lowest BCUT2D eigenvalue weighted by molar-refractivity contribution is 0.235. The number of rotatable bonds is 5. The molecule has 2 fully saturated rings. The molecule has 2 nitrogen and oxygen atoms in total. The van der Waals surface area contributed by atoms with Crippen molar-refractivity contribution in [2.75, 3.05) is 0 Å². The van der Waals surface area contributed by atoms with E-state index >= 15 is 0 Å². The zero-order valence-electron chi connectivity index (χ0n) is 10.6. The lowest BCUT2D eigenvalue weighted by Gasteiger charge is -2.31. The van der Waals surface area contributed by atoms with Gasteiger partial charge in [-0.25, -0.2) is 0 Å². The van der Waals surface area contributed by atoms with Crippen LogP contribution in [0.25, 0.3) is 0 Å². The highest BCUT2D eigenvalue weighted by Gasteiger charge is 2.24. The van der Waals surface area contributed by atoms with Crippen LogP contribution in [0.2, 0.25) is 0 Å². The zero-order chi connectivity index (χ0) is 11.2. The minimum Gasteiger partial charge on any atom is -0.271 e. The van der Waals surface area contributed by atoms with Gasteiger partial charge in [0.25, 0.3) is 0 Å². The maximum atomic E-state index is 5.71. The van der Waals surface area contributed by atoms with E-state index in [1.165, 1.54) is 70.6 Å². The van der Waals surface area contributed by atoms with Crippen LogP contribution in [-0.4, -0.2) is 6.04 Å². The highest BCUT2D eigenvalue weighted by molar-refractivity contribution is 4.79. The third kappa shape index (κ3) is 3.74. The average molecular weight is 224 g/mol. The van der Waals surface area contributed by atoms with Crippen molar-refractivity contribution in [1.82, 2.24) is 5.43 Å². The lowest BCUT2D eigenvalue weighted by atomic mass is 9.79. The molecule has 1 atom stereocenters. The fraction of sp³-hybridized carbons (Fsp3) is 1.00. The summed E-state index contributed by atoms with van der Waals surface area (Å²) in [6, 6.07) is 0.591. The van der Waals surface area contributed by atoms with Crippen LogP contribution in [0.3, 0.4) is 0 Å². The van der Waals surface area contributed by atoms with Crippen LogP contribution in [0.1, 0.15) is 70.6 Å². The Morgan fingerprint density at radius 2 is 1.31 bits per heavy atom. The van der Waals surface area contributed by atoms with E-state index in [0.29, 0.717) is 6.04 Å². The van der Waals surface area contributed by atoms with Crippen LogP contribution in [0.5, 0.6) is 0 Å². The first-order chi connectivity index (χ1) is 7.88. The van der Waals surface area contributed by atoms with Gasteiger partial charge in [-0.15, -0.1) is 0 Å². The van der Waals surface area contributed by atoms with E-state index < -0.39 is 0 Å². The summed E-state index contributed by atoms with van der Waals surface area (Å²) in [5.41, 5.74) is 3.07. The molecule has 0 spiro atoms. The lowest BCUT2D eigenvalue weighted by Crippen LogP contribution is -2.39. The van der Waals surface area contributed by atoms with Gasteiger partial charge >= 0.3 is 0 Å². The van der Waals surface area contributed by atoms with Crippen LogP contribution in [0, 0.1) is 11.8 Å². The first-order valence-electron chi connectivity index (χ1n) is 7.34. The number of nitrogens with two attached hydrogens (primary N) is 1. The molecule has 94 valence electrons. The van der Waals surface area contributed by atoms with E-state index in [9.17, 15) is 0 Å². The molecule has 2 rings (SSSR count). The Balaban J connectivity index is 1.70. The zero-order valence-corrected chi connectivity index (χ0v) is 10.6. The van der Waals surface area contributed by atoms with Crippen LogP contribution in [0.4, 0.5) is 0 Å². The predicted molar refractivity (Wildman–Crippen MR) is 68.9 cm³/mol. The van der Waals surface area contributed by atoms with Crippen molar-refractivity contribution in [3.63, 3.8) is 0 Å². The molecule has 3 N–H and O–H groups in total. The van der Waals surface area contributed by atoms with Crippen LogP contribution >= 0.6 is 0 Å². The molecule has 1 unspecified atom stereocenters. The molecule has 0 aromatic rings. The van der Waals surface area contributed by atoms with E-state index in [1.807, 2.05) is 0 Å². The van der Waals surface area contributed by atoms with Crippen molar-refractivity contribution < 1.29 is 0 Å².